The van der Waals surface area contributed by atoms with E-state index in [4.69, 9.17) is 10.4 Å². The van der Waals surface area contributed by atoms with Crippen LogP contribution < -0.4 is 0 Å². The molecule has 7 heteroatoms. The van der Waals surface area contributed by atoms with Crippen molar-refractivity contribution in [1.82, 2.24) is 4.31 Å². The van der Waals surface area contributed by atoms with Crippen LogP contribution in [0.1, 0.15) is 25.7 Å². The number of hydrogen-bond donors (Lipinski definition) is 1. The monoisotopic (exact) mass is 272 g/mol. The fourth-order valence-corrected chi connectivity index (χ4v) is 4.26. The zero-order chi connectivity index (χ0) is 13.4. The molecule has 0 aromatic rings. The molecule has 6 nitrogen and oxygen atoms in total. The summed E-state index contributed by atoms with van der Waals surface area (Å²) in [6.07, 6.45) is 2.00. The molecule has 2 aliphatic rings. The van der Waals surface area contributed by atoms with Gasteiger partial charge in [0.15, 0.2) is 0 Å². The molecule has 2 rings (SSSR count). The van der Waals surface area contributed by atoms with Crippen molar-refractivity contribution in [2.45, 2.75) is 25.7 Å². The maximum atomic E-state index is 12.1. The summed E-state index contributed by atoms with van der Waals surface area (Å²) in [6.45, 7) is 0.502. The highest BCUT2D eigenvalue weighted by Crippen LogP contribution is 2.46. The van der Waals surface area contributed by atoms with E-state index < -0.39 is 27.3 Å². The van der Waals surface area contributed by atoms with Crippen LogP contribution in [0.5, 0.6) is 0 Å². The number of aliphatic carboxylic acids is 1. The average Bonchev–Trinajstić information content (AvgIpc) is 3.09. The summed E-state index contributed by atoms with van der Waals surface area (Å²) >= 11 is 0. The fraction of sp³-hybridized carbons (Fsp3) is 0.818. The Morgan fingerprint density at radius 1 is 1.39 bits per heavy atom. The lowest BCUT2D eigenvalue weighted by Gasteiger charge is -2.29. The number of carboxylic acid groups (broad SMARTS) is 1. The van der Waals surface area contributed by atoms with Crippen LogP contribution in [0.2, 0.25) is 0 Å². The van der Waals surface area contributed by atoms with Crippen LogP contribution in [-0.4, -0.2) is 42.6 Å². The molecule has 100 valence electrons. The highest BCUT2D eigenvalue weighted by atomic mass is 32.2. The second-order valence-corrected chi connectivity index (χ2v) is 7.13. The van der Waals surface area contributed by atoms with E-state index >= 15 is 0 Å². The summed E-state index contributed by atoms with van der Waals surface area (Å²) in [5, 5.41) is 17.8. The Hall–Kier alpha value is -1.13. The van der Waals surface area contributed by atoms with E-state index in [0.29, 0.717) is 25.7 Å². The van der Waals surface area contributed by atoms with Crippen molar-refractivity contribution < 1.29 is 18.3 Å². The molecule has 0 aromatic heterocycles. The van der Waals surface area contributed by atoms with Gasteiger partial charge in [-0.05, 0) is 25.7 Å². The number of piperidine rings is 1. The van der Waals surface area contributed by atoms with E-state index in [2.05, 4.69) is 6.07 Å². The van der Waals surface area contributed by atoms with Crippen LogP contribution >= 0.6 is 0 Å². The third kappa shape index (κ3) is 2.65. The fourth-order valence-electron chi connectivity index (χ4n) is 2.26. The van der Waals surface area contributed by atoms with Gasteiger partial charge in [-0.3, -0.25) is 4.79 Å². The van der Waals surface area contributed by atoms with Gasteiger partial charge >= 0.3 is 5.97 Å². The summed E-state index contributed by atoms with van der Waals surface area (Å²) in [5.41, 5.74) is -0.678. The van der Waals surface area contributed by atoms with E-state index in [1.807, 2.05) is 0 Å². The zero-order valence-corrected chi connectivity index (χ0v) is 10.8. The van der Waals surface area contributed by atoms with Gasteiger partial charge in [-0.2, -0.15) is 5.26 Å². The molecule has 0 spiro atoms. The van der Waals surface area contributed by atoms with Gasteiger partial charge in [0.05, 0.1) is 23.2 Å². The van der Waals surface area contributed by atoms with Crippen LogP contribution in [-0.2, 0) is 14.8 Å². The first-order valence-corrected chi connectivity index (χ1v) is 7.61. The van der Waals surface area contributed by atoms with Gasteiger partial charge in [0, 0.05) is 13.1 Å². The molecule has 18 heavy (non-hydrogen) atoms. The van der Waals surface area contributed by atoms with Gasteiger partial charge in [0.1, 0.15) is 0 Å². The normalized spacial score (nSPS) is 24.4. The number of carbonyl (C=O) groups is 1. The molecule has 0 bridgehead atoms. The number of rotatable bonds is 4. The Balaban J connectivity index is 1.97. The predicted molar refractivity (Wildman–Crippen MR) is 63.0 cm³/mol. The summed E-state index contributed by atoms with van der Waals surface area (Å²) in [4.78, 5) is 10.8. The first-order valence-electron chi connectivity index (χ1n) is 6.00. The lowest BCUT2D eigenvalue weighted by atomic mass is 9.99. The van der Waals surface area contributed by atoms with E-state index in [9.17, 15) is 13.2 Å². The van der Waals surface area contributed by atoms with Gasteiger partial charge in [-0.25, -0.2) is 12.7 Å². The molecule has 0 aromatic carbocycles. The van der Waals surface area contributed by atoms with Gasteiger partial charge in [0.25, 0.3) is 0 Å². The molecule has 1 aliphatic carbocycles. The van der Waals surface area contributed by atoms with Crippen LogP contribution in [0.4, 0.5) is 0 Å². The molecule has 1 N–H and O–H groups in total. The summed E-state index contributed by atoms with van der Waals surface area (Å²) in [6, 6.07) is 2.07. The summed E-state index contributed by atoms with van der Waals surface area (Å²) in [5.74, 6) is -1.42. The molecular formula is C11H16N2O4S. The molecule has 1 saturated carbocycles. The Labute approximate surface area is 106 Å². The van der Waals surface area contributed by atoms with Crippen molar-refractivity contribution in [1.29, 1.82) is 5.26 Å². The third-order valence-corrected chi connectivity index (χ3v) is 5.82. The van der Waals surface area contributed by atoms with Crippen molar-refractivity contribution in [3.8, 4) is 6.07 Å². The number of carboxylic acids is 1. The third-order valence-electron chi connectivity index (χ3n) is 3.75. The lowest BCUT2D eigenvalue weighted by Crippen LogP contribution is -2.42. The van der Waals surface area contributed by atoms with Crippen molar-refractivity contribution in [2.24, 2.45) is 11.3 Å². The van der Waals surface area contributed by atoms with Crippen LogP contribution in [0.15, 0.2) is 0 Å². The minimum Gasteiger partial charge on any atom is -0.481 e. The van der Waals surface area contributed by atoms with Crippen molar-refractivity contribution >= 4 is 16.0 Å². The molecule has 1 heterocycles. The quantitative estimate of drug-likeness (QED) is 0.799. The number of nitriles is 1. The molecule has 1 saturated heterocycles. The van der Waals surface area contributed by atoms with E-state index in [1.165, 1.54) is 4.31 Å². The van der Waals surface area contributed by atoms with Gasteiger partial charge in [0.2, 0.25) is 10.0 Å². The first-order chi connectivity index (χ1) is 8.38. The molecule has 0 radical (unpaired) electrons. The average molecular weight is 272 g/mol. The van der Waals surface area contributed by atoms with Crippen molar-refractivity contribution in [3.05, 3.63) is 0 Å². The van der Waals surface area contributed by atoms with Crippen LogP contribution in [0.3, 0.4) is 0 Å². The zero-order valence-electron chi connectivity index (χ0n) is 10.0. The number of sulfonamides is 1. The predicted octanol–water partition coefficient (Wildman–Crippen LogP) is 0.417. The second kappa shape index (κ2) is 4.52. The molecular weight excluding hydrogens is 256 g/mol. The Bertz CT molecular complexity index is 482. The molecule has 2 fully saturated rings. The highest BCUT2D eigenvalue weighted by Gasteiger charge is 2.48. The van der Waals surface area contributed by atoms with Gasteiger partial charge < -0.3 is 5.11 Å². The summed E-state index contributed by atoms with van der Waals surface area (Å²) < 4.78 is 25.5. The van der Waals surface area contributed by atoms with Gasteiger partial charge in [-0.15, -0.1) is 0 Å². The minimum atomic E-state index is -3.42. The number of hydrogen-bond acceptors (Lipinski definition) is 4. The molecule has 0 atom stereocenters. The SMILES string of the molecule is N#CC1(CS(=O)(=O)N2CCC(C(=O)O)CC2)CC1. The summed E-state index contributed by atoms with van der Waals surface area (Å²) in [7, 11) is -3.42. The molecule has 0 unspecified atom stereocenters. The second-order valence-electron chi connectivity index (χ2n) is 5.16. The first kappa shape index (κ1) is 13.3. The number of nitrogens with zero attached hydrogens (tertiary/aromatic N) is 2. The standard InChI is InChI=1S/C11H16N2O4S/c12-7-11(3-4-11)8-18(16,17)13-5-1-9(2-6-13)10(14)15/h9H,1-6,8H2,(H,14,15). The highest BCUT2D eigenvalue weighted by molar-refractivity contribution is 7.89. The van der Waals surface area contributed by atoms with E-state index in [0.717, 1.165) is 0 Å². The Morgan fingerprint density at radius 2 is 1.94 bits per heavy atom. The Morgan fingerprint density at radius 3 is 2.33 bits per heavy atom. The van der Waals surface area contributed by atoms with Gasteiger partial charge in [-0.1, -0.05) is 0 Å². The smallest absolute Gasteiger partial charge is 0.306 e. The molecule has 1 aliphatic heterocycles. The topological polar surface area (TPSA) is 98.5 Å². The Kier molecular flexibility index (Phi) is 3.34. The van der Waals surface area contributed by atoms with Crippen molar-refractivity contribution in [2.75, 3.05) is 18.8 Å². The maximum Gasteiger partial charge on any atom is 0.306 e. The lowest BCUT2D eigenvalue weighted by molar-refractivity contribution is -0.142. The van der Waals surface area contributed by atoms with E-state index in [1.54, 1.807) is 0 Å². The maximum absolute atomic E-state index is 12.1. The van der Waals surface area contributed by atoms with Crippen molar-refractivity contribution in [3.63, 3.8) is 0 Å². The molecule has 0 amide bonds. The van der Waals surface area contributed by atoms with Crippen LogP contribution in [0.25, 0.3) is 0 Å². The largest absolute Gasteiger partial charge is 0.481 e. The van der Waals surface area contributed by atoms with Crippen LogP contribution in [0, 0.1) is 22.7 Å². The minimum absolute atomic E-state index is 0.117. The van der Waals surface area contributed by atoms with E-state index in [-0.39, 0.29) is 18.8 Å².